The van der Waals surface area contributed by atoms with Crippen LogP contribution in [0.15, 0.2) is 46.1 Å². The first-order valence-corrected chi connectivity index (χ1v) is 7.99. The Balaban J connectivity index is 0.00000243. The minimum absolute atomic E-state index is 0. The number of aryl methyl sites for hydroxylation is 2. The highest BCUT2D eigenvalue weighted by Gasteiger charge is 2.09. The van der Waals surface area contributed by atoms with Crippen molar-refractivity contribution in [3.63, 3.8) is 0 Å². The maximum absolute atomic E-state index is 5.55. The molecular formula is C17H22IN7O. The van der Waals surface area contributed by atoms with Crippen LogP contribution in [0.25, 0.3) is 5.69 Å². The van der Waals surface area contributed by atoms with Crippen LogP contribution in [0.5, 0.6) is 0 Å². The predicted octanol–water partition coefficient (Wildman–Crippen LogP) is 2.36. The van der Waals surface area contributed by atoms with E-state index in [2.05, 4.69) is 30.8 Å². The van der Waals surface area contributed by atoms with Crippen molar-refractivity contribution >= 4 is 29.9 Å². The van der Waals surface area contributed by atoms with Gasteiger partial charge in [0, 0.05) is 12.7 Å². The Labute approximate surface area is 169 Å². The number of para-hydroxylation sites is 1. The van der Waals surface area contributed by atoms with E-state index in [4.69, 9.17) is 4.42 Å². The number of nitrogens with zero attached hydrogens (tertiary/aromatic N) is 5. The second-order valence-corrected chi connectivity index (χ2v) is 5.48. The van der Waals surface area contributed by atoms with Crippen molar-refractivity contribution in [3.8, 4) is 5.69 Å². The lowest BCUT2D eigenvalue weighted by Crippen LogP contribution is -2.37. The molecule has 0 aliphatic rings. The summed E-state index contributed by atoms with van der Waals surface area (Å²) in [6, 6.07) is 9.95. The standard InChI is InChI=1S/C17H21N7O.HI/c1-12-13(2)25-16(22-12)10-20-17(18-3)19-9-15-23-21-11-24(15)14-7-5-4-6-8-14;/h4-8,11H,9-10H2,1-3H3,(H2,18,19,20);1H. The fourth-order valence-corrected chi connectivity index (χ4v) is 2.34. The lowest BCUT2D eigenvalue weighted by molar-refractivity contribution is 0.463. The minimum Gasteiger partial charge on any atom is -0.444 e. The highest BCUT2D eigenvalue weighted by molar-refractivity contribution is 14.0. The third kappa shape index (κ3) is 4.81. The average Bonchev–Trinajstić information content (AvgIpc) is 3.22. The summed E-state index contributed by atoms with van der Waals surface area (Å²) < 4.78 is 7.49. The second-order valence-electron chi connectivity index (χ2n) is 5.48. The molecule has 0 saturated heterocycles. The molecule has 0 aliphatic carbocycles. The number of hydrogen-bond acceptors (Lipinski definition) is 5. The summed E-state index contributed by atoms with van der Waals surface area (Å²) in [6.45, 7) is 4.76. The summed E-state index contributed by atoms with van der Waals surface area (Å²) in [5.41, 5.74) is 1.91. The number of rotatable bonds is 5. The first kappa shape index (κ1) is 19.9. The predicted molar refractivity (Wildman–Crippen MR) is 110 cm³/mol. The molecule has 0 amide bonds. The summed E-state index contributed by atoms with van der Waals surface area (Å²) in [5, 5.41) is 14.6. The number of aromatic nitrogens is 4. The third-order valence-corrected chi connectivity index (χ3v) is 3.77. The van der Waals surface area contributed by atoms with Crippen molar-refractivity contribution in [1.29, 1.82) is 0 Å². The van der Waals surface area contributed by atoms with E-state index in [1.807, 2.05) is 48.7 Å². The fraction of sp³-hybridized carbons (Fsp3) is 0.294. The molecule has 0 saturated carbocycles. The van der Waals surface area contributed by atoms with Gasteiger partial charge in [0.1, 0.15) is 12.1 Å². The molecule has 0 fully saturated rings. The number of oxazole rings is 1. The molecule has 2 aromatic heterocycles. The third-order valence-electron chi connectivity index (χ3n) is 3.77. The maximum Gasteiger partial charge on any atom is 0.214 e. The molecule has 2 N–H and O–H groups in total. The lowest BCUT2D eigenvalue weighted by Gasteiger charge is -2.11. The van der Waals surface area contributed by atoms with Crippen LogP contribution in [-0.2, 0) is 13.1 Å². The Morgan fingerprint density at radius 2 is 1.88 bits per heavy atom. The molecular weight excluding hydrogens is 445 g/mol. The van der Waals surface area contributed by atoms with Crippen molar-refractivity contribution in [2.24, 2.45) is 4.99 Å². The number of nitrogens with one attached hydrogen (secondary N) is 2. The lowest BCUT2D eigenvalue weighted by atomic mass is 10.3. The molecule has 0 spiro atoms. The van der Waals surface area contributed by atoms with E-state index in [-0.39, 0.29) is 24.0 Å². The topological polar surface area (TPSA) is 93.2 Å². The highest BCUT2D eigenvalue weighted by atomic mass is 127. The van der Waals surface area contributed by atoms with Gasteiger partial charge in [-0.25, -0.2) is 4.98 Å². The van der Waals surface area contributed by atoms with Gasteiger partial charge in [-0.1, -0.05) is 18.2 Å². The van der Waals surface area contributed by atoms with E-state index >= 15 is 0 Å². The first-order chi connectivity index (χ1) is 12.2. The normalized spacial score (nSPS) is 11.1. The van der Waals surface area contributed by atoms with Gasteiger partial charge in [-0.3, -0.25) is 9.56 Å². The van der Waals surface area contributed by atoms with Crippen molar-refractivity contribution in [2.45, 2.75) is 26.9 Å². The van der Waals surface area contributed by atoms with Gasteiger partial charge in [0.05, 0.1) is 18.8 Å². The molecule has 3 rings (SSSR count). The molecule has 26 heavy (non-hydrogen) atoms. The number of halogens is 1. The van der Waals surface area contributed by atoms with Gasteiger partial charge in [0.15, 0.2) is 11.8 Å². The molecule has 138 valence electrons. The zero-order chi connectivity index (χ0) is 17.6. The number of aliphatic imine (C=N–C) groups is 1. The molecule has 2 heterocycles. The van der Waals surface area contributed by atoms with Crippen molar-refractivity contribution < 1.29 is 4.42 Å². The number of hydrogen-bond donors (Lipinski definition) is 2. The Kier molecular flexibility index (Phi) is 7.13. The smallest absolute Gasteiger partial charge is 0.214 e. The zero-order valence-corrected chi connectivity index (χ0v) is 17.3. The average molecular weight is 467 g/mol. The molecule has 1 aromatic carbocycles. The van der Waals surface area contributed by atoms with Crippen LogP contribution in [0.3, 0.4) is 0 Å². The van der Waals surface area contributed by atoms with Gasteiger partial charge in [0.2, 0.25) is 5.89 Å². The molecule has 0 aliphatic heterocycles. The van der Waals surface area contributed by atoms with E-state index in [1.165, 1.54) is 0 Å². The first-order valence-electron chi connectivity index (χ1n) is 7.99. The van der Waals surface area contributed by atoms with Gasteiger partial charge < -0.3 is 15.1 Å². The Bertz CT molecular complexity index is 838. The molecule has 3 aromatic rings. The molecule has 8 nitrogen and oxygen atoms in total. The molecule has 0 atom stereocenters. The monoisotopic (exact) mass is 467 g/mol. The summed E-state index contributed by atoms with van der Waals surface area (Å²) in [6.07, 6.45) is 1.70. The minimum atomic E-state index is 0. The summed E-state index contributed by atoms with van der Waals surface area (Å²) in [5.74, 6) is 2.88. The quantitative estimate of drug-likeness (QED) is 0.340. The van der Waals surface area contributed by atoms with E-state index in [0.29, 0.717) is 24.9 Å². The van der Waals surface area contributed by atoms with Crippen molar-refractivity contribution in [3.05, 3.63) is 59.8 Å². The van der Waals surface area contributed by atoms with Crippen LogP contribution in [0.1, 0.15) is 23.2 Å². The summed E-state index contributed by atoms with van der Waals surface area (Å²) >= 11 is 0. The van der Waals surface area contributed by atoms with Crippen LogP contribution in [0.4, 0.5) is 0 Å². The van der Waals surface area contributed by atoms with E-state index in [1.54, 1.807) is 13.4 Å². The van der Waals surface area contributed by atoms with Gasteiger partial charge in [0.25, 0.3) is 0 Å². The van der Waals surface area contributed by atoms with Gasteiger partial charge >= 0.3 is 0 Å². The Morgan fingerprint density at radius 3 is 2.54 bits per heavy atom. The largest absolute Gasteiger partial charge is 0.444 e. The SMILES string of the molecule is CN=C(NCc1nc(C)c(C)o1)NCc1nncn1-c1ccccc1.I. The van der Waals surface area contributed by atoms with Crippen molar-refractivity contribution in [2.75, 3.05) is 7.05 Å². The summed E-state index contributed by atoms with van der Waals surface area (Å²) in [4.78, 5) is 8.54. The van der Waals surface area contributed by atoms with Crippen LogP contribution in [-0.4, -0.2) is 32.8 Å². The maximum atomic E-state index is 5.55. The highest BCUT2D eigenvalue weighted by Crippen LogP contribution is 2.09. The fourth-order valence-electron chi connectivity index (χ4n) is 2.34. The second kappa shape index (κ2) is 9.32. The van der Waals surface area contributed by atoms with Crippen LogP contribution < -0.4 is 10.6 Å². The number of guanidine groups is 1. The summed E-state index contributed by atoms with van der Waals surface area (Å²) in [7, 11) is 1.71. The van der Waals surface area contributed by atoms with E-state index in [9.17, 15) is 0 Å². The molecule has 9 heteroatoms. The van der Waals surface area contributed by atoms with Gasteiger partial charge in [-0.2, -0.15) is 0 Å². The van der Waals surface area contributed by atoms with Crippen molar-refractivity contribution in [1.82, 2.24) is 30.4 Å². The van der Waals surface area contributed by atoms with Gasteiger partial charge in [-0.15, -0.1) is 34.2 Å². The van der Waals surface area contributed by atoms with E-state index in [0.717, 1.165) is 23.0 Å². The van der Waals surface area contributed by atoms with Crippen LogP contribution in [0, 0.1) is 13.8 Å². The Morgan fingerprint density at radius 1 is 1.15 bits per heavy atom. The van der Waals surface area contributed by atoms with E-state index < -0.39 is 0 Å². The van der Waals surface area contributed by atoms with Crippen LogP contribution >= 0.6 is 24.0 Å². The van der Waals surface area contributed by atoms with Gasteiger partial charge in [-0.05, 0) is 26.0 Å². The Hall–Kier alpha value is -2.43. The molecule has 0 bridgehead atoms. The molecule has 0 radical (unpaired) electrons. The molecule has 0 unspecified atom stereocenters. The van der Waals surface area contributed by atoms with Crippen LogP contribution in [0.2, 0.25) is 0 Å². The zero-order valence-electron chi connectivity index (χ0n) is 14.9. The number of benzene rings is 1.